The highest BCUT2D eigenvalue weighted by Crippen LogP contribution is 2.10. The van der Waals surface area contributed by atoms with E-state index >= 15 is 0 Å². The normalized spacial score (nSPS) is 10.2. The molecule has 1 aromatic carbocycles. The lowest BCUT2D eigenvalue weighted by molar-refractivity contribution is 0.0796. The van der Waals surface area contributed by atoms with Crippen LogP contribution in [0, 0.1) is 0 Å². The van der Waals surface area contributed by atoms with E-state index in [-0.39, 0.29) is 5.91 Å². The number of nitrogens with one attached hydrogen (secondary N) is 2. The average molecular weight is 257 g/mol. The van der Waals surface area contributed by atoms with Crippen LogP contribution >= 0.6 is 0 Å². The zero-order valence-corrected chi connectivity index (χ0v) is 11.3. The Morgan fingerprint density at radius 1 is 1.26 bits per heavy atom. The number of benzene rings is 1. The van der Waals surface area contributed by atoms with Crippen molar-refractivity contribution in [1.82, 2.24) is 9.88 Å². The van der Waals surface area contributed by atoms with Gasteiger partial charge >= 0.3 is 0 Å². The zero-order valence-electron chi connectivity index (χ0n) is 11.3. The van der Waals surface area contributed by atoms with Gasteiger partial charge in [0.15, 0.2) is 0 Å². The number of aromatic nitrogens is 1. The van der Waals surface area contributed by atoms with Gasteiger partial charge in [0, 0.05) is 50.2 Å². The number of likely N-dealkylation sites (N-methyl/N-ethyl adjacent to an activating group) is 1. The molecular weight excluding hydrogens is 238 g/mol. The molecule has 0 aliphatic rings. The molecule has 0 aliphatic heterocycles. The molecule has 1 heterocycles. The molecule has 19 heavy (non-hydrogen) atoms. The molecular formula is C15H19N3O. The molecule has 0 spiro atoms. The van der Waals surface area contributed by atoms with Gasteiger partial charge in [-0.1, -0.05) is 0 Å². The fraction of sp³-hybridized carbons (Fsp3) is 0.267. The Morgan fingerprint density at radius 3 is 2.58 bits per heavy atom. The summed E-state index contributed by atoms with van der Waals surface area (Å²) in [6, 6.07) is 11.5. The van der Waals surface area contributed by atoms with Gasteiger partial charge in [-0.15, -0.1) is 0 Å². The molecule has 4 nitrogen and oxygen atoms in total. The largest absolute Gasteiger partial charge is 0.388 e. The van der Waals surface area contributed by atoms with E-state index in [2.05, 4.69) is 10.3 Å². The van der Waals surface area contributed by atoms with Gasteiger partial charge in [-0.2, -0.15) is 0 Å². The molecule has 1 amide bonds. The standard InChI is InChI=1S/C15H19N3O/c1-16-13-7-5-12(6-8-13)15(19)18(2)11-9-14-4-3-10-17-14/h3-8,10,16-17H,9,11H2,1-2H3. The smallest absolute Gasteiger partial charge is 0.253 e. The molecule has 0 unspecified atom stereocenters. The molecule has 2 aromatic rings. The van der Waals surface area contributed by atoms with Crippen LogP contribution in [-0.4, -0.2) is 36.4 Å². The lowest BCUT2D eigenvalue weighted by Gasteiger charge is -2.17. The van der Waals surface area contributed by atoms with Crippen LogP contribution < -0.4 is 5.32 Å². The van der Waals surface area contributed by atoms with Crippen molar-refractivity contribution < 1.29 is 4.79 Å². The first-order valence-corrected chi connectivity index (χ1v) is 6.36. The van der Waals surface area contributed by atoms with Crippen molar-refractivity contribution in [2.24, 2.45) is 0 Å². The van der Waals surface area contributed by atoms with E-state index in [1.54, 1.807) is 4.90 Å². The summed E-state index contributed by atoms with van der Waals surface area (Å²) < 4.78 is 0. The van der Waals surface area contributed by atoms with Crippen molar-refractivity contribution in [3.8, 4) is 0 Å². The molecule has 0 radical (unpaired) electrons. The van der Waals surface area contributed by atoms with Crippen LogP contribution in [0.25, 0.3) is 0 Å². The predicted molar refractivity (Wildman–Crippen MR) is 77.4 cm³/mol. The molecule has 2 N–H and O–H groups in total. The Hall–Kier alpha value is -2.23. The monoisotopic (exact) mass is 257 g/mol. The molecule has 2 rings (SSSR count). The summed E-state index contributed by atoms with van der Waals surface area (Å²) >= 11 is 0. The molecule has 0 aliphatic carbocycles. The maximum absolute atomic E-state index is 12.2. The molecule has 1 aromatic heterocycles. The third kappa shape index (κ3) is 3.37. The molecule has 0 atom stereocenters. The minimum atomic E-state index is 0.0502. The van der Waals surface area contributed by atoms with Crippen molar-refractivity contribution in [3.05, 3.63) is 53.9 Å². The van der Waals surface area contributed by atoms with Crippen molar-refractivity contribution in [1.29, 1.82) is 0 Å². The van der Waals surface area contributed by atoms with Gasteiger partial charge in [0.2, 0.25) is 0 Å². The topological polar surface area (TPSA) is 48.1 Å². The summed E-state index contributed by atoms with van der Waals surface area (Å²) in [5.74, 6) is 0.0502. The number of nitrogens with zero attached hydrogens (tertiary/aromatic N) is 1. The highest BCUT2D eigenvalue weighted by molar-refractivity contribution is 5.94. The Labute approximate surface area is 113 Å². The lowest BCUT2D eigenvalue weighted by atomic mass is 10.1. The van der Waals surface area contributed by atoms with Crippen molar-refractivity contribution in [2.45, 2.75) is 6.42 Å². The fourth-order valence-electron chi connectivity index (χ4n) is 1.91. The van der Waals surface area contributed by atoms with Crippen LogP contribution in [0.15, 0.2) is 42.6 Å². The van der Waals surface area contributed by atoms with E-state index in [9.17, 15) is 4.79 Å². The summed E-state index contributed by atoms with van der Waals surface area (Å²) in [5.41, 5.74) is 2.86. The van der Waals surface area contributed by atoms with Gasteiger partial charge in [-0.3, -0.25) is 4.79 Å². The highest BCUT2D eigenvalue weighted by Gasteiger charge is 2.11. The van der Waals surface area contributed by atoms with Crippen molar-refractivity contribution in [2.75, 3.05) is 26.0 Å². The van der Waals surface area contributed by atoms with Gasteiger partial charge in [0.1, 0.15) is 0 Å². The van der Waals surface area contributed by atoms with Crippen LogP contribution in [-0.2, 0) is 6.42 Å². The minimum Gasteiger partial charge on any atom is -0.388 e. The minimum absolute atomic E-state index is 0.0502. The number of aromatic amines is 1. The lowest BCUT2D eigenvalue weighted by Crippen LogP contribution is -2.28. The maximum Gasteiger partial charge on any atom is 0.253 e. The van der Waals surface area contributed by atoms with E-state index in [4.69, 9.17) is 0 Å². The number of H-pyrrole nitrogens is 1. The summed E-state index contributed by atoms with van der Waals surface area (Å²) in [6.45, 7) is 0.702. The molecule has 100 valence electrons. The third-order valence-corrected chi connectivity index (χ3v) is 3.15. The van der Waals surface area contributed by atoms with Crippen LogP contribution in [0.1, 0.15) is 16.1 Å². The number of carbonyl (C=O) groups excluding carboxylic acids is 1. The first-order chi connectivity index (χ1) is 9.20. The van der Waals surface area contributed by atoms with Crippen LogP contribution in [0.2, 0.25) is 0 Å². The van der Waals surface area contributed by atoms with Gasteiger partial charge in [0.05, 0.1) is 0 Å². The van der Waals surface area contributed by atoms with E-state index in [0.717, 1.165) is 17.8 Å². The summed E-state index contributed by atoms with van der Waals surface area (Å²) in [7, 11) is 3.69. The number of rotatable bonds is 5. The number of amides is 1. The third-order valence-electron chi connectivity index (χ3n) is 3.15. The van der Waals surface area contributed by atoms with E-state index < -0.39 is 0 Å². The second-order valence-corrected chi connectivity index (χ2v) is 4.50. The van der Waals surface area contributed by atoms with Gasteiger partial charge < -0.3 is 15.2 Å². The Bertz CT molecular complexity index is 517. The zero-order chi connectivity index (χ0) is 13.7. The molecule has 0 saturated heterocycles. The summed E-state index contributed by atoms with van der Waals surface area (Å²) in [6.07, 6.45) is 2.73. The van der Waals surface area contributed by atoms with Crippen LogP contribution in [0.3, 0.4) is 0 Å². The van der Waals surface area contributed by atoms with Crippen LogP contribution in [0.5, 0.6) is 0 Å². The Morgan fingerprint density at radius 2 is 2.00 bits per heavy atom. The average Bonchev–Trinajstić information content (AvgIpc) is 2.97. The summed E-state index contributed by atoms with van der Waals surface area (Å²) in [4.78, 5) is 17.1. The summed E-state index contributed by atoms with van der Waals surface area (Å²) in [5, 5.41) is 3.04. The van der Waals surface area contributed by atoms with Crippen LogP contribution in [0.4, 0.5) is 5.69 Å². The van der Waals surface area contributed by atoms with E-state index in [0.29, 0.717) is 12.1 Å². The van der Waals surface area contributed by atoms with Crippen molar-refractivity contribution >= 4 is 11.6 Å². The van der Waals surface area contributed by atoms with E-state index in [1.165, 1.54) is 0 Å². The SMILES string of the molecule is CNc1ccc(C(=O)N(C)CCc2ccc[nH]2)cc1. The molecule has 0 saturated carbocycles. The fourth-order valence-corrected chi connectivity index (χ4v) is 1.91. The number of hydrogen-bond acceptors (Lipinski definition) is 2. The quantitative estimate of drug-likeness (QED) is 0.864. The van der Waals surface area contributed by atoms with Gasteiger partial charge in [-0.25, -0.2) is 0 Å². The first kappa shape index (κ1) is 13.2. The number of hydrogen-bond donors (Lipinski definition) is 2. The van der Waals surface area contributed by atoms with Gasteiger partial charge in [0.25, 0.3) is 5.91 Å². The second-order valence-electron chi connectivity index (χ2n) is 4.50. The molecule has 4 heteroatoms. The van der Waals surface area contributed by atoms with E-state index in [1.807, 2.05) is 56.7 Å². The molecule has 0 fully saturated rings. The number of carbonyl (C=O) groups is 1. The number of anilines is 1. The predicted octanol–water partition coefficient (Wildman–Crippen LogP) is 2.37. The highest BCUT2D eigenvalue weighted by atomic mass is 16.2. The Balaban J connectivity index is 1.94. The Kier molecular flexibility index (Phi) is 4.23. The maximum atomic E-state index is 12.2. The molecule has 0 bridgehead atoms. The van der Waals surface area contributed by atoms with Crippen molar-refractivity contribution in [3.63, 3.8) is 0 Å². The first-order valence-electron chi connectivity index (χ1n) is 6.36. The second kappa shape index (κ2) is 6.09. The van der Waals surface area contributed by atoms with Gasteiger partial charge in [-0.05, 0) is 36.4 Å².